The van der Waals surface area contributed by atoms with Crippen LogP contribution >= 0.6 is 0 Å². The summed E-state index contributed by atoms with van der Waals surface area (Å²) in [4.78, 5) is 11.8. The van der Waals surface area contributed by atoms with Gasteiger partial charge in [0.15, 0.2) is 0 Å². The van der Waals surface area contributed by atoms with Crippen LogP contribution in [0.3, 0.4) is 0 Å². The zero-order chi connectivity index (χ0) is 11.8. The average molecular weight is 224 g/mol. The molecule has 3 rings (SSSR count). The van der Waals surface area contributed by atoms with Crippen molar-refractivity contribution in [1.82, 2.24) is 0 Å². The topological polar surface area (TPSA) is 26.3 Å². The van der Waals surface area contributed by atoms with Gasteiger partial charge in [0.1, 0.15) is 0 Å². The van der Waals surface area contributed by atoms with Crippen LogP contribution < -0.4 is 0 Å². The van der Waals surface area contributed by atoms with Gasteiger partial charge in [-0.3, -0.25) is 4.79 Å². The number of rotatable bonds is 3. The molecular weight excluding hydrogens is 200 g/mol. The predicted octanol–water partition coefficient (Wildman–Crippen LogP) is 3.55. The standard InChI is InChI=1S/C14H24O2/c1-11(2)10-13-4-7-14(8-5-13,9-6-13)12(15)16-3/h11H,4-10H2,1-3H3. The number of fused-ring (bicyclic) bond motifs is 3. The molecule has 0 aromatic rings. The molecule has 0 spiro atoms. The van der Waals surface area contributed by atoms with Crippen LogP contribution in [0.1, 0.15) is 58.8 Å². The molecule has 92 valence electrons. The first kappa shape index (κ1) is 11.9. The van der Waals surface area contributed by atoms with Crippen molar-refractivity contribution in [2.24, 2.45) is 16.7 Å². The molecule has 0 aromatic carbocycles. The Bertz CT molecular complexity index is 256. The first-order valence-corrected chi connectivity index (χ1v) is 6.60. The number of methoxy groups -OCH3 is 1. The van der Waals surface area contributed by atoms with Crippen molar-refractivity contribution in [3.63, 3.8) is 0 Å². The first-order chi connectivity index (χ1) is 7.52. The highest BCUT2D eigenvalue weighted by Gasteiger charge is 2.52. The summed E-state index contributed by atoms with van der Waals surface area (Å²) < 4.78 is 4.98. The van der Waals surface area contributed by atoms with Gasteiger partial charge in [0.05, 0.1) is 12.5 Å². The van der Waals surface area contributed by atoms with E-state index in [-0.39, 0.29) is 11.4 Å². The number of carbonyl (C=O) groups excluding carboxylic acids is 1. The monoisotopic (exact) mass is 224 g/mol. The molecule has 0 radical (unpaired) electrons. The van der Waals surface area contributed by atoms with Gasteiger partial charge in [-0.2, -0.15) is 0 Å². The normalized spacial score (nSPS) is 37.8. The molecule has 0 N–H and O–H groups in total. The average Bonchev–Trinajstić information content (AvgIpc) is 2.29. The van der Waals surface area contributed by atoms with Crippen molar-refractivity contribution in [2.45, 2.75) is 58.8 Å². The smallest absolute Gasteiger partial charge is 0.311 e. The van der Waals surface area contributed by atoms with Gasteiger partial charge in [0, 0.05) is 0 Å². The Kier molecular flexibility index (Phi) is 3.02. The van der Waals surface area contributed by atoms with Crippen LogP contribution in [-0.4, -0.2) is 13.1 Å². The van der Waals surface area contributed by atoms with Crippen molar-refractivity contribution < 1.29 is 9.53 Å². The maximum atomic E-state index is 11.8. The maximum absolute atomic E-state index is 11.8. The van der Waals surface area contributed by atoms with Gasteiger partial charge in [0.2, 0.25) is 0 Å². The molecule has 16 heavy (non-hydrogen) atoms. The minimum absolute atomic E-state index is 0.0466. The van der Waals surface area contributed by atoms with Crippen LogP contribution in [0, 0.1) is 16.7 Å². The molecular formula is C14H24O2. The molecule has 0 atom stereocenters. The lowest BCUT2D eigenvalue weighted by Crippen LogP contribution is -2.46. The van der Waals surface area contributed by atoms with E-state index in [1.165, 1.54) is 32.8 Å². The summed E-state index contributed by atoms with van der Waals surface area (Å²) in [5, 5.41) is 0. The van der Waals surface area contributed by atoms with Crippen molar-refractivity contribution in [2.75, 3.05) is 7.11 Å². The van der Waals surface area contributed by atoms with Gasteiger partial charge >= 0.3 is 5.97 Å². The summed E-state index contributed by atoms with van der Waals surface area (Å²) in [6, 6.07) is 0. The summed E-state index contributed by atoms with van der Waals surface area (Å²) in [5.74, 6) is 0.828. The SMILES string of the molecule is COC(=O)C12CCC(CC(C)C)(CC1)CC2. The molecule has 2 bridgehead atoms. The molecule has 3 aliphatic rings. The van der Waals surface area contributed by atoms with Crippen LogP contribution in [-0.2, 0) is 9.53 Å². The summed E-state index contributed by atoms with van der Waals surface area (Å²) in [6.07, 6.45) is 8.23. The summed E-state index contributed by atoms with van der Waals surface area (Å²) >= 11 is 0. The predicted molar refractivity (Wildman–Crippen MR) is 64.0 cm³/mol. The maximum Gasteiger partial charge on any atom is 0.311 e. The molecule has 0 heterocycles. The van der Waals surface area contributed by atoms with Crippen LogP contribution in [0.5, 0.6) is 0 Å². The highest BCUT2D eigenvalue weighted by molar-refractivity contribution is 5.77. The lowest BCUT2D eigenvalue weighted by Gasteiger charge is -2.52. The van der Waals surface area contributed by atoms with E-state index >= 15 is 0 Å². The number of hydrogen-bond donors (Lipinski definition) is 0. The molecule has 3 aliphatic carbocycles. The van der Waals surface area contributed by atoms with E-state index in [2.05, 4.69) is 13.8 Å². The number of carbonyl (C=O) groups is 1. The number of esters is 1. The Hall–Kier alpha value is -0.530. The van der Waals surface area contributed by atoms with Crippen LogP contribution in [0.25, 0.3) is 0 Å². The Morgan fingerprint density at radius 3 is 2.00 bits per heavy atom. The fourth-order valence-corrected chi connectivity index (χ4v) is 3.96. The quantitative estimate of drug-likeness (QED) is 0.685. The molecule has 0 aliphatic heterocycles. The van der Waals surface area contributed by atoms with Gasteiger partial charge in [-0.25, -0.2) is 0 Å². The van der Waals surface area contributed by atoms with E-state index in [4.69, 9.17) is 4.74 Å². The molecule has 0 unspecified atom stereocenters. The molecule has 3 fully saturated rings. The van der Waals surface area contributed by atoms with Gasteiger partial charge in [-0.05, 0) is 56.3 Å². The van der Waals surface area contributed by atoms with E-state index in [1.807, 2.05) is 0 Å². The fourth-order valence-electron chi connectivity index (χ4n) is 3.96. The van der Waals surface area contributed by atoms with Gasteiger partial charge in [0.25, 0.3) is 0 Å². The van der Waals surface area contributed by atoms with Crippen LogP contribution in [0.15, 0.2) is 0 Å². The molecule has 3 saturated carbocycles. The Balaban J connectivity index is 2.05. The van der Waals surface area contributed by atoms with Crippen molar-refractivity contribution in [3.8, 4) is 0 Å². The first-order valence-electron chi connectivity index (χ1n) is 6.60. The largest absolute Gasteiger partial charge is 0.469 e. The second kappa shape index (κ2) is 4.05. The van der Waals surface area contributed by atoms with E-state index in [0.29, 0.717) is 5.41 Å². The molecule has 2 heteroatoms. The summed E-state index contributed by atoms with van der Waals surface area (Å²) in [6.45, 7) is 4.62. The van der Waals surface area contributed by atoms with E-state index < -0.39 is 0 Å². The second-order valence-corrected chi connectivity index (χ2v) is 6.37. The van der Waals surface area contributed by atoms with Gasteiger partial charge in [-0.15, -0.1) is 0 Å². The minimum atomic E-state index is -0.104. The Morgan fingerprint density at radius 1 is 1.12 bits per heavy atom. The van der Waals surface area contributed by atoms with Crippen molar-refractivity contribution in [1.29, 1.82) is 0 Å². The Morgan fingerprint density at radius 2 is 1.62 bits per heavy atom. The molecule has 0 saturated heterocycles. The fraction of sp³-hybridized carbons (Fsp3) is 0.929. The highest BCUT2D eigenvalue weighted by atomic mass is 16.5. The molecule has 0 aromatic heterocycles. The van der Waals surface area contributed by atoms with E-state index in [1.54, 1.807) is 0 Å². The van der Waals surface area contributed by atoms with Crippen LogP contribution in [0.4, 0.5) is 0 Å². The molecule has 0 amide bonds. The third-order valence-corrected chi connectivity index (χ3v) is 4.86. The summed E-state index contributed by atoms with van der Waals surface area (Å²) in [5.41, 5.74) is 0.456. The van der Waals surface area contributed by atoms with E-state index in [0.717, 1.165) is 25.2 Å². The minimum Gasteiger partial charge on any atom is -0.469 e. The zero-order valence-corrected chi connectivity index (χ0v) is 10.8. The third kappa shape index (κ3) is 1.87. The summed E-state index contributed by atoms with van der Waals surface area (Å²) in [7, 11) is 1.53. The lowest BCUT2D eigenvalue weighted by atomic mass is 9.52. The second-order valence-electron chi connectivity index (χ2n) is 6.37. The third-order valence-electron chi connectivity index (χ3n) is 4.86. The van der Waals surface area contributed by atoms with Crippen molar-refractivity contribution >= 4 is 5.97 Å². The Labute approximate surface area is 98.7 Å². The van der Waals surface area contributed by atoms with E-state index in [9.17, 15) is 4.79 Å². The molecule has 2 nitrogen and oxygen atoms in total. The van der Waals surface area contributed by atoms with Crippen LogP contribution in [0.2, 0.25) is 0 Å². The van der Waals surface area contributed by atoms with Crippen molar-refractivity contribution in [3.05, 3.63) is 0 Å². The highest BCUT2D eigenvalue weighted by Crippen LogP contribution is 2.59. The van der Waals surface area contributed by atoms with Gasteiger partial charge in [-0.1, -0.05) is 13.8 Å². The lowest BCUT2D eigenvalue weighted by molar-refractivity contribution is -0.163. The number of ether oxygens (including phenoxy) is 1. The number of hydrogen-bond acceptors (Lipinski definition) is 2. The zero-order valence-electron chi connectivity index (χ0n) is 10.8. The van der Waals surface area contributed by atoms with Gasteiger partial charge < -0.3 is 4.74 Å².